The van der Waals surface area contributed by atoms with Gasteiger partial charge in [-0.3, -0.25) is 9.59 Å². The van der Waals surface area contributed by atoms with E-state index >= 15 is 0 Å². The molecule has 0 unspecified atom stereocenters. The third-order valence-electron chi connectivity index (χ3n) is 7.01. The number of hydrogen-bond acceptors (Lipinski definition) is 6. The van der Waals surface area contributed by atoms with Crippen molar-refractivity contribution in [2.24, 2.45) is 0 Å². The standard InChI is InChI=1S/C32H40N2O4/c35-31(17-23-33-19-3-1-4-20-33)27-9-13-29(14-10-27)37-25-7-8-26-38-30-15-11-28(12-16-30)32(36)18-24-34-21-5-2-6-22-34/h9-18,23-24H,1-8,19-22,25-26H2/b23-17+,24-18+. The zero-order valence-electron chi connectivity index (χ0n) is 22.4. The topological polar surface area (TPSA) is 59.1 Å². The van der Waals surface area contributed by atoms with E-state index in [0.717, 1.165) is 50.5 Å². The van der Waals surface area contributed by atoms with Gasteiger partial charge in [-0.1, -0.05) is 0 Å². The summed E-state index contributed by atoms with van der Waals surface area (Å²) >= 11 is 0. The van der Waals surface area contributed by atoms with Crippen molar-refractivity contribution in [1.82, 2.24) is 9.80 Å². The van der Waals surface area contributed by atoms with Crippen LogP contribution >= 0.6 is 0 Å². The van der Waals surface area contributed by atoms with Gasteiger partial charge in [0, 0.05) is 61.9 Å². The normalized spacial score (nSPS) is 16.2. The van der Waals surface area contributed by atoms with Gasteiger partial charge in [0.25, 0.3) is 0 Å². The van der Waals surface area contributed by atoms with E-state index in [1.807, 2.05) is 60.9 Å². The highest BCUT2D eigenvalue weighted by molar-refractivity contribution is 6.05. The SMILES string of the molecule is O=C(/C=C/N1CCCCC1)c1ccc(OCCCCOc2ccc(C(=O)/C=C/N3CCCCC3)cc2)cc1. The zero-order valence-corrected chi connectivity index (χ0v) is 22.4. The molecule has 0 spiro atoms. The van der Waals surface area contributed by atoms with Crippen molar-refractivity contribution in [3.63, 3.8) is 0 Å². The molecule has 4 rings (SSSR count). The maximum absolute atomic E-state index is 12.4. The summed E-state index contributed by atoms with van der Waals surface area (Å²) in [5.74, 6) is 1.56. The van der Waals surface area contributed by atoms with E-state index in [9.17, 15) is 9.59 Å². The van der Waals surface area contributed by atoms with Gasteiger partial charge in [-0.05, 0) is 99.9 Å². The lowest BCUT2D eigenvalue weighted by Crippen LogP contribution is -2.24. The highest BCUT2D eigenvalue weighted by atomic mass is 16.5. The second-order valence-corrected chi connectivity index (χ2v) is 10.0. The summed E-state index contributed by atoms with van der Waals surface area (Å²) in [5.41, 5.74) is 1.34. The fourth-order valence-electron chi connectivity index (χ4n) is 4.69. The van der Waals surface area contributed by atoms with Crippen LogP contribution in [0.4, 0.5) is 0 Å². The van der Waals surface area contributed by atoms with E-state index in [4.69, 9.17) is 9.47 Å². The fraction of sp³-hybridized carbons (Fsp3) is 0.438. The van der Waals surface area contributed by atoms with Crippen LogP contribution in [0.15, 0.2) is 73.1 Å². The first kappa shape index (κ1) is 27.5. The van der Waals surface area contributed by atoms with Gasteiger partial charge in [0.15, 0.2) is 11.6 Å². The summed E-state index contributed by atoms with van der Waals surface area (Å²) in [6, 6.07) is 14.7. The number of ether oxygens (including phenoxy) is 2. The molecule has 0 bridgehead atoms. The van der Waals surface area contributed by atoms with Crippen LogP contribution in [0.1, 0.15) is 72.1 Å². The van der Waals surface area contributed by atoms with E-state index in [0.29, 0.717) is 24.3 Å². The molecular weight excluding hydrogens is 476 g/mol. The number of ketones is 2. The number of rotatable bonds is 13. The van der Waals surface area contributed by atoms with Crippen LogP contribution in [0.3, 0.4) is 0 Å². The van der Waals surface area contributed by atoms with E-state index in [-0.39, 0.29) is 11.6 Å². The van der Waals surface area contributed by atoms with Gasteiger partial charge in [0.05, 0.1) is 13.2 Å². The molecule has 2 aliphatic heterocycles. The van der Waals surface area contributed by atoms with Crippen molar-refractivity contribution >= 4 is 11.6 Å². The molecule has 0 aliphatic carbocycles. The molecule has 2 aliphatic rings. The second kappa shape index (κ2) is 15.0. The molecule has 2 fully saturated rings. The number of hydrogen-bond donors (Lipinski definition) is 0. The molecule has 6 nitrogen and oxygen atoms in total. The lowest BCUT2D eigenvalue weighted by molar-refractivity contribution is 0.103. The molecule has 0 amide bonds. The predicted octanol–water partition coefficient (Wildman–Crippen LogP) is 6.29. The molecule has 38 heavy (non-hydrogen) atoms. The molecule has 0 radical (unpaired) electrons. The van der Waals surface area contributed by atoms with Crippen LogP contribution in [-0.2, 0) is 0 Å². The summed E-state index contributed by atoms with van der Waals surface area (Å²) in [6.45, 7) is 5.31. The second-order valence-electron chi connectivity index (χ2n) is 10.0. The van der Waals surface area contributed by atoms with Crippen molar-refractivity contribution in [1.29, 1.82) is 0 Å². The van der Waals surface area contributed by atoms with Crippen molar-refractivity contribution in [3.8, 4) is 11.5 Å². The minimum Gasteiger partial charge on any atom is -0.494 e. The maximum Gasteiger partial charge on any atom is 0.187 e. The number of nitrogens with zero attached hydrogens (tertiary/aromatic N) is 2. The lowest BCUT2D eigenvalue weighted by atomic mass is 10.1. The predicted molar refractivity (Wildman–Crippen MR) is 151 cm³/mol. The fourth-order valence-corrected chi connectivity index (χ4v) is 4.69. The molecule has 2 aromatic carbocycles. The van der Waals surface area contributed by atoms with Crippen molar-refractivity contribution in [2.45, 2.75) is 51.4 Å². The van der Waals surface area contributed by atoms with Crippen molar-refractivity contribution in [2.75, 3.05) is 39.4 Å². The Kier molecular flexibility index (Phi) is 10.9. The van der Waals surface area contributed by atoms with Crippen LogP contribution in [0.2, 0.25) is 0 Å². The first-order valence-corrected chi connectivity index (χ1v) is 14.1. The van der Waals surface area contributed by atoms with Crippen molar-refractivity contribution < 1.29 is 19.1 Å². The molecule has 0 N–H and O–H groups in total. The van der Waals surface area contributed by atoms with Crippen LogP contribution in [0.25, 0.3) is 0 Å². The Labute approximate surface area is 226 Å². The van der Waals surface area contributed by atoms with E-state index < -0.39 is 0 Å². The molecule has 202 valence electrons. The Morgan fingerprint density at radius 3 is 1.32 bits per heavy atom. The zero-order chi connectivity index (χ0) is 26.4. The average molecular weight is 517 g/mol. The summed E-state index contributed by atoms with van der Waals surface area (Å²) in [5, 5.41) is 0. The molecule has 6 heteroatoms. The summed E-state index contributed by atoms with van der Waals surface area (Å²) in [4.78, 5) is 29.2. The first-order chi connectivity index (χ1) is 18.7. The van der Waals surface area contributed by atoms with Crippen molar-refractivity contribution in [3.05, 3.63) is 84.2 Å². The Bertz CT molecular complexity index is 976. The third kappa shape index (κ3) is 9.09. The van der Waals surface area contributed by atoms with Gasteiger partial charge in [-0.25, -0.2) is 0 Å². The first-order valence-electron chi connectivity index (χ1n) is 14.1. The van der Waals surface area contributed by atoms with Crippen LogP contribution in [-0.4, -0.2) is 60.8 Å². The molecular formula is C32H40N2O4. The monoisotopic (exact) mass is 516 g/mol. The largest absolute Gasteiger partial charge is 0.494 e. The number of likely N-dealkylation sites (tertiary alicyclic amines) is 2. The average Bonchev–Trinajstić information content (AvgIpc) is 2.98. The van der Waals surface area contributed by atoms with E-state index in [2.05, 4.69) is 9.80 Å². The number of carbonyl (C=O) groups excluding carboxylic acids is 2. The minimum absolute atomic E-state index is 0.0191. The Morgan fingerprint density at radius 2 is 0.947 bits per heavy atom. The number of piperidine rings is 2. The van der Waals surface area contributed by atoms with Gasteiger partial charge in [-0.2, -0.15) is 0 Å². The van der Waals surface area contributed by atoms with E-state index in [1.165, 1.54) is 38.5 Å². The number of allylic oxidation sites excluding steroid dienone is 2. The minimum atomic E-state index is 0.0191. The van der Waals surface area contributed by atoms with Gasteiger partial charge in [-0.15, -0.1) is 0 Å². The third-order valence-corrected chi connectivity index (χ3v) is 7.01. The van der Waals surface area contributed by atoms with Gasteiger partial charge in [0.2, 0.25) is 0 Å². The molecule has 2 saturated heterocycles. The van der Waals surface area contributed by atoms with Gasteiger partial charge < -0.3 is 19.3 Å². The molecule has 2 heterocycles. The van der Waals surface area contributed by atoms with E-state index in [1.54, 1.807) is 12.2 Å². The molecule has 0 saturated carbocycles. The highest BCUT2D eigenvalue weighted by Crippen LogP contribution is 2.16. The molecule has 0 aromatic heterocycles. The smallest absolute Gasteiger partial charge is 0.187 e. The molecule has 0 atom stereocenters. The van der Waals surface area contributed by atoms with Gasteiger partial charge >= 0.3 is 0 Å². The quantitative estimate of drug-likeness (QED) is 0.177. The molecule has 2 aromatic rings. The van der Waals surface area contributed by atoms with Crippen LogP contribution < -0.4 is 9.47 Å². The lowest BCUT2D eigenvalue weighted by Gasteiger charge is -2.24. The van der Waals surface area contributed by atoms with Gasteiger partial charge in [0.1, 0.15) is 11.5 Å². The van der Waals surface area contributed by atoms with Crippen LogP contribution in [0.5, 0.6) is 11.5 Å². The van der Waals surface area contributed by atoms with Crippen LogP contribution in [0, 0.1) is 0 Å². The summed E-state index contributed by atoms with van der Waals surface area (Å²) in [6.07, 6.45) is 16.3. The Hall–Kier alpha value is -3.54. The Morgan fingerprint density at radius 1 is 0.579 bits per heavy atom. The Balaban J connectivity index is 1.09. The number of benzene rings is 2. The summed E-state index contributed by atoms with van der Waals surface area (Å²) in [7, 11) is 0. The summed E-state index contributed by atoms with van der Waals surface area (Å²) < 4.78 is 11.6. The number of carbonyl (C=O) groups is 2. The maximum atomic E-state index is 12.4. The highest BCUT2D eigenvalue weighted by Gasteiger charge is 2.09. The number of unbranched alkanes of at least 4 members (excludes halogenated alkanes) is 1.